The van der Waals surface area contributed by atoms with Crippen LogP contribution in [0.25, 0.3) is 33.4 Å². The Morgan fingerprint density at radius 3 is 2.83 bits per heavy atom. The number of fused-ring (bicyclic) bond motifs is 2. The van der Waals surface area contributed by atoms with Crippen LogP contribution >= 0.6 is 0 Å². The van der Waals surface area contributed by atoms with E-state index in [-0.39, 0.29) is 12.5 Å². The summed E-state index contributed by atoms with van der Waals surface area (Å²) in [4.78, 5) is 21.6. The van der Waals surface area contributed by atoms with Gasteiger partial charge in [-0.25, -0.2) is 14.6 Å². The minimum atomic E-state index is -0.224. The molecule has 0 spiro atoms. The van der Waals surface area contributed by atoms with Crippen molar-refractivity contribution in [3.63, 3.8) is 0 Å². The van der Waals surface area contributed by atoms with E-state index in [0.717, 1.165) is 33.4 Å². The lowest BCUT2D eigenvalue weighted by molar-refractivity contribution is -0.116. The first-order valence-corrected chi connectivity index (χ1v) is 9.19. The summed E-state index contributed by atoms with van der Waals surface area (Å²) in [6.07, 6.45) is 3.33. The summed E-state index contributed by atoms with van der Waals surface area (Å²) in [5, 5.41) is 8.27. The Bertz CT molecular complexity index is 1350. The molecule has 0 aliphatic heterocycles. The van der Waals surface area contributed by atoms with Crippen LogP contribution in [-0.2, 0) is 18.4 Å². The van der Waals surface area contributed by atoms with Crippen LogP contribution in [0.3, 0.4) is 0 Å². The Kier molecular flexibility index (Phi) is 3.90. The number of nitrogens with one attached hydrogen (secondary N) is 1. The predicted octanol–water partition coefficient (Wildman–Crippen LogP) is 3.53. The lowest BCUT2D eigenvalue weighted by atomic mass is 10.1. The molecule has 8 nitrogen and oxygen atoms in total. The molecule has 5 rings (SSSR count). The lowest BCUT2D eigenvalue weighted by Crippen LogP contribution is -2.21. The molecule has 8 heteroatoms. The highest BCUT2D eigenvalue weighted by Crippen LogP contribution is 2.30. The van der Waals surface area contributed by atoms with E-state index in [1.807, 2.05) is 61.0 Å². The van der Waals surface area contributed by atoms with Crippen LogP contribution in [0.1, 0.15) is 5.69 Å². The summed E-state index contributed by atoms with van der Waals surface area (Å²) < 4.78 is 9.00. The fourth-order valence-electron chi connectivity index (χ4n) is 3.59. The van der Waals surface area contributed by atoms with E-state index in [1.165, 1.54) is 0 Å². The number of nitrogens with zero attached hydrogens (tertiary/aromatic N) is 5. The van der Waals surface area contributed by atoms with Crippen molar-refractivity contribution in [3.05, 3.63) is 60.6 Å². The SMILES string of the molecule is Cc1nn(CC(=O)Nc2nc3ccccc3n2C)c2nccc(-c3ccco3)c12. The highest BCUT2D eigenvalue weighted by Gasteiger charge is 2.18. The molecule has 1 N–H and O–H groups in total. The molecular formula is C21H18N6O2. The zero-order chi connectivity index (χ0) is 20.0. The molecule has 0 atom stereocenters. The number of benzene rings is 1. The number of anilines is 1. The maximum Gasteiger partial charge on any atom is 0.248 e. The molecule has 5 aromatic rings. The van der Waals surface area contributed by atoms with Crippen LogP contribution in [-0.4, -0.2) is 30.2 Å². The van der Waals surface area contributed by atoms with E-state index in [0.29, 0.717) is 11.6 Å². The lowest BCUT2D eigenvalue weighted by Gasteiger charge is -2.06. The summed E-state index contributed by atoms with van der Waals surface area (Å²) in [6, 6.07) is 13.4. The molecule has 4 aromatic heterocycles. The van der Waals surface area contributed by atoms with Gasteiger partial charge >= 0.3 is 0 Å². The molecule has 0 radical (unpaired) electrons. The van der Waals surface area contributed by atoms with Gasteiger partial charge in [0.2, 0.25) is 11.9 Å². The minimum Gasteiger partial charge on any atom is -0.464 e. The number of rotatable bonds is 4. The fourth-order valence-corrected chi connectivity index (χ4v) is 3.59. The van der Waals surface area contributed by atoms with E-state index in [2.05, 4.69) is 20.4 Å². The first kappa shape index (κ1) is 17.2. The second kappa shape index (κ2) is 6.59. The minimum absolute atomic E-state index is 0.0299. The maximum atomic E-state index is 12.7. The van der Waals surface area contributed by atoms with Crippen molar-refractivity contribution < 1.29 is 9.21 Å². The fraction of sp³-hybridized carbons (Fsp3) is 0.143. The number of carbonyl (C=O) groups is 1. The summed E-state index contributed by atoms with van der Waals surface area (Å²) in [6.45, 7) is 1.93. The molecule has 4 heterocycles. The van der Waals surface area contributed by atoms with Crippen LogP contribution in [0.5, 0.6) is 0 Å². The zero-order valence-electron chi connectivity index (χ0n) is 16.0. The molecule has 29 heavy (non-hydrogen) atoms. The average Bonchev–Trinajstić information content (AvgIpc) is 3.43. The average molecular weight is 386 g/mol. The third kappa shape index (κ3) is 2.85. The zero-order valence-corrected chi connectivity index (χ0v) is 16.0. The van der Waals surface area contributed by atoms with Crippen LogP contribution in [0.2, 0.25) is 0 Å². The van der Waals surface area contributed by atoms with Crippen LogP contribution in [0, 0.1) is 6.92 Å². The number of aryl methyl sites for hydroxylation is 2. The molecule has 1 aromatic carbocycles. The highest BCUT2D eigenvalue weighted by atomic mass is 16.3. The van der Waals surface area contributed by atoms with Crippen molar-refractivity contribution in [3.8, 4) is 11.3 Å². The molecule has 0 saturated heterocycles. The molecule has 0 fully saturated rings. The Hall–Kier alpha value is -3.94. The van der Waals surface area contributed by atoms with E-state index < -0.39 is 0 Å². The molecule has 0 bridgehead atoms. The number of carbonyl (C=O) groups excluding carboxylic acids is 1. The Balaban J connectivity index is 1.46. The smallest absolute Gasteiger partial charge is 0.248 e. The van der Waals surface area contributed by atoms with Gasteiger partial charge in [0.1, 0.15) is 12.3 Å². The first-order chi connectivity index (χ1) is 14.1. The molecule has 144 valence electrons. The van der Waals surface area contributed by atoms with Crippen LogP contribution in [0.4, 0.5) is 5.95 Å². The number of hydrogen-bond acceptors (Lipinski definition) is 5. The molecule has 1 amide bonds. The third-order valence-corrected chi connectivity index (χ3v) is 4.93. The predicted molar refractivity (Wildman–Crippen MR) is 109 cm³/mol. The van der Waals surface area contributed by atoms with Gasteiger partial charge in [-0.2, -0.15) is 5.10 Å². The van der Waals surface area contributed by atoms with Gasteiger partial charge < -0.3 is 8.98 Å². The number of aromatic nitrogens is 5. The van der Waals surface area contributed by atoms with Crippen molar-refractivity contribution in [2.45, 2.75) is 13.5 Å². The summed E-state index contributed by atoms with van der Waals surface area (Å²) in [7, 11) is 1.87. The van der Waals surface area contributed by atoms with Crippen molar-refractivity contribution in [2.75, 3.05) is 5.32 Å². The molecule has 0 unspecified atom stereocenters. The maximum absolute atomic E-state index is 12.7. The quantitative estimate of drug-likeness (QED) is 0.510. The van der Waals surface area contributed by atoms with E-state index in [1.54, 1.807) is 17.1 Å². The number of amides is 1. The topological polar surface area (TPSA) is 90.8 Å². The largest absolute Gasteiger partial charge is 0.464 e. The third-order valence-electron chi connectivity index (χ3n) is 4.93. The van der Waals surface area contributed by atoms with Gasteiger partial charge in [0.15, 0.2) is 5.65 Å². The second-order valence-corrected chi connectivity index (χ2v) is 6.81. The van der Waals surface area contributed by atoms with E-state index in [4.69, 9.17) is 4.42 Å². The van der Waals surface area contributed by atoms with Gasteiger partial charge in [0, 0.05) is 18.8 Å². The standard InChI is InChI=1S/C21H18N6O2/c1-13-19-14(17-8-5-11-29-17)9-10-22-20(19)27(25-13)12-18(28)24-21-23-15-6-3-4-7-16(15)26(21)2/h3-11H,12H2,1-2H3,(H,23,24,28). The first-order valence-electron chi connectivity index (χ1n) is 9.19. The highest BCUT2D eigenvalue weighted by molar-refractivity contribution is 5.95. The van der Waals surface area contributed by atoms with Crippen molar-refractivity contribution in [1.82, 2.24) is 24.3 Å². The van der Waals surface area contributed by atoms with E-state index in [9.17, 15) is 4.79 Å². The number of pyridine rings is 1. The molecule has 0 aliphatic carbocycles. The molecule has 0 aliphatic rings. The van der Waals surface area contributed by atoms with Crippen molar-refractivity contribution >= 4 is 33.9 Å². The number of furan rings is 1. The van der Waals surface area contributed by atoms with Gasteiger partial charge in [-0.1, -0.05) is 12.1 Å². The second-order valence-electron chi connectivity index (χ2n) is 6.81. The van der Waals surface area contributed by atoms with Gasteiger partial charge in [0.05, 0.1) is 28.4 Å². The summed E-state index contributed by atoms with van der Waals surface area (Å²) in [5.74, 6) is 1.01. The van der Waals surface area contributed by atoms with Gasteiger partial charge in [-0.3, -0.25) is 10.1 Å². The van der Waals surface area contributed by atoms with Gasteiger partial charge in [-0.15, -0.1) is 0 Å². The Labute approximate surface area is 165 Å². The number of hydrogen-bond donors (Lipinski definition) is 1. The summed E-state index contributed by atoms with van der Waals surface area (Å²) in [5.41, 5.74) is 4.11. The van der Waals surface area contributed by atoms with Gasteiger partial charge in [0.25, 0.3) is 0 Å². The number of imidazole rings is 1. The van der Waals surface area contributed by atoms with Crippen LogP contribution < -0.4 is 5.32 Å². The summed E-state index contributed by atoms with van der Waals surface area (Å²) >= 11 is 0. The Morgan fingerprint density at radius 2 is 2.03 bits per heavy atom. The van der Waals surface area contributed by atoms with Crippen LogP contribution in [0.15, 0.2) is 59.3 Å². The van der Waals surface area contributed by atoms with Crippen molar-refractivity contribution in [1.29, 1.82) is 0 Å². The van der Waals surface area contributed by atoms with Crippen molar-refractivity contribution in [2.24, 2.45) is 7.05 Å². The molecular weight excluding hydrogens is 368 g/mol. The molecule has 0 saturated carbocycles. The normalized spacial score (nSPS) is 11.4. The van der Waals surface area contributed by atoms with E-state index >= 15 is 0 Å². The number of para-hydroxylation sites is 2. The monoisotopic (exact) mass is 386 g/mol. The van der Waals surface area contributed by atoms with Gasteiger partial charge in [-0.05, 0) is 37.3 Å². The Morgan fingerprint density at radius 1 is 1.17 bits per heavy atom.